The molecule has 4 aromatic carbocycles. The Kier molecular flexibility index (Phi) is 5.02. The summed E-state index contributed by atoms with van der Waals surface area (Å²) in [7, 11) is 0. The molecule has 1 heterocycles. The van der Waals surface area contributed by atoms with E-state index in [9.17, 15) is 10.1 Å². The Hall–Kier alpha value is -3.48. The molecule has 0 amide bonds. The van der Waals surface area contributed by atoms with Gasteiger partial charge in [-0.3, -0.25) is 10.1 Å². The second-order valence-corrected chi connectivity index (χ2v) is 8.42. The molecule has 0 saturated heterocycles. The van der Waals surface area contributed by atoms with Gasteiger partial charge in [0.2, 0.25) is 0 Å². The molecule has 0 aliphatic carbocycles. The molecule has 0 radical (unpaired) electrons. The van der Waals surface area contributed by atoms with Crippen molar-refractivity contribution in [3.8, 4) is 11.5 Å². The summed E-state index contributed by atoms with van der Waals surface area (Å²) in [6.07, 6.45) is 0. The van der Waals surface area contributed by atoms with Crippen LogP contribution in [0, 0.1) is 10.1 Å². The van der Waals surface area contributed by atoms with Crippen molar-refractivity contribution in [1.29, 1.82) is 0 Å². The van der Waals surface area contributed by atoms with Crippen molar-refractivity contribution in [2.24, 2.45) is 0 Å². The third-order valence-corrected chi connectivity index (χ3v) is 5.94. The van der Waals surface area contributed by atoms with Crippen LogP contribution in [0.25, 0.3) is 21.9 Å². The van der Waals surface area contributed by atoms with Crippen LogP contribution in [0.5, 0.6) is 11.5 Å². The minimum Gasteiger partial charge on any atom is -0.457 e. The number of para-hydroxylation sites is 1. The molecule has 0 aliphatic rings. The fraction of sp³-hybridized carbons (Fsp3) is 0. The smallest absolute Gasteiger partial charge is 0.274 e. The lowest BCUT2D eigenvalue weighted by molar-refractivity contribution is -0.385. The number of hydrogen-bond donors (Lipinski definition) is 0. The van der Waals surface area contributed by atoms with E-state index in [1.807, 2.05) is 48.5 Å². The number of hydrogen-bond acceptors (Lipinski definition) is 5. The highest BCUT2D eigenvalue weighted by atomic mass is 35.5. The number of rotatable bonds is 5. The lowest BCUT2D eigenvalue weighted by atomic mass is 10.1. The SMILES string of the molecule is O=[N+]([O-])c1cc(Oc2ccc3c(c2)oc2ccccc23)cc(Sc2ccc(Cl)cc2)c1. The molecule has 0 unspecified atom stereocenters. The second-order valence-electron chi connectivity index (χ2n) is 6.83. The van der Waals surface area contributed by atoms with Crippen LogP contribution in [0.15, 0.2) is 99.1 Å². The van der Waals surface area contributed by atoms with Crippen LogP contribution in [0.4, 0.5) is 5.69 Å². The predicted molar refractivity (Wildman–Crippen MR) is 122 cm³/mol. The van der Waals surface area contributed by atoms with Gasteiger partial charge in [-0.1, -0.05) is 41.6 Å². The fourth-order valence-electron chi connectivity index (χ4n) is 3.32. The number of furan rings is 1. The first-order valence-electron chi connectivity index (χ1n) is 9.37. The summed E-state index contributed by atoms with van der Waals surface area (Å²) in [6.45, 7) is 0. The van der Waals surface area contributed by atoms with E-state index in [2.05, 4.69) is 0 Å². The van der Waals surface area contributed by atoms with Crippen LogP contribution in [-0.2, 0) is 0 Å². The van der Waals surface area contributed by atoms with Gasteiger partial charge in [0.25, 0.3) is 5.69 Å². The van der Waals surface area contributed by atoms with Gasteiger partial charge in [-0.25, -0.2) is 0 Å². The maximum atomic E-state index is 11.4. The van der Waals surface area contributed by atoms with Gasteiger partial charge in [-0.2, -0.15) is 0 Å². The molecule has 0 spiro atoms. The lowest BCUT2D eigenvalue weighted by Crippen LogP contribution is -1.91. The highest BCUT2D eigenvalue weighted by Crippen LogP contribution is 2.37. The quantitative estimate of drug-likeness (QED) is 0.201. The number of halogens is 1. The highest BCUT2D eigenvalue weighted by molar-refractivity contribution is 7.99. The van der Waals surface area contributed by atoms with Crippen molar-refractivity contribution in [2.75, 3.05) is 0 Å². The van der Waals surface area contributed by atoms with E-state index >= 15 is 0 Å². The summed E-state index contributed by atoms with van der Waals surface area (Å²) in [5, 5.41) is 14.1. The van der Waals surface area contributed by atoms with Gasteiger partial charge in [-0.15, -0.1) is 0 Å². The van der Waals surface area contributed by atoms with E-state index in [1.54, 1.807) is 24.3 Å². The minimum atomic E-state index is -0.429. The van der Waals surface area contributed by atoms with Crippen molar-refractivity contribution in [2.45, 2.75) is 9.79 Å². The molecule has 1 aromatic heterocycles. The summed E-state index contributed by atoms with van der Waals surface area (Å²) >= 11 is 7.33. The number of nitro benzene ring substituents is 1. The molecule has 5 nitrogen and oxygen atoms in total. The lowest BCUT2D eigenvalue weighted by Gasteiger charge is -2.08. The van der Waals surface area contributed by atoms with Crippen LogP contribution in [0.3, 0.4) is 0 Å². The molecule has 0 atom stereocenters. The zero-order chi connectivity index (χ0) is 21.4. The second kappa shape index (κ2) is 7.98. The monoisotopic (exact) mass is 447 g/mol. The fourth-order valence-corrected chi connectivity index (χ4v) is 4.35. The molecule has 31 heavy (non-hydrogen) atoms. The van der Waals surface area contributed by atoms with Crippen LogP contribution in [0.1, 0.15) is 0 Å². The van der Waals surface area contributed by atoms with Gasteiger partial charge in [0, 0.05) is 37.7 Å². The van der Waals surface area contributed by atoms with Crippen molar-refractivity contribution >= 4 is 51.0 Å². The molecule has 0 N–H and O–H groups in total. The normalized spacial score (nSPS) is 11.1. The van der Waals surface area contributed by atoms with Crippen molar-refractivity contribution in [3.05, 3.63) is 100 Å². The maximum absolute atomic E-state index is 11.4. The Morgan fingerprint density at radius 3 is 2.39 bits per heavy atom. The first kappa shape index (κ1) is 19.5. The van der Waals surface area contributed by atoms with Crippen molar-refractivity contribution in [1.82, 2.24) is 0 Å². The number of nitrogens with zero attached hydrogens (tertiary/aromatic N) is 1. The minimum absolute atomic E-state index is 0.0428. The maximum Gasteiger partial charge on any atom is 0.274 e. The van der Waals surface area contributed by atoms with Crippen molar-refractivity contribution in [3.63, 3.8) is 0 Å². The average molecular weight is 448 g/mol. The molecule has 7 heteroatoms. The van der Waals surface area contributed by atoms with E-state index in [-0.39, 0.29) is 5.69 Å². The van der Waals surface area contributed by atoms with Gasteiger partial charge in [0.1, 0.15) is 22.7 Å². The van der Waals surface area contributed by atoms with Gasteiger partial charge in [0.15, 0.2) is 0 Å². The van der Waals surface area contributed by atoms with Gasteiger partial charge in [-0.05, 0) is 48.5 Å². The van der Waals surface area contributed by atoms with E-state index in [4.69, 9.17) is 20.8 Å². The van der Waals surface area contributed by atoms with Crippen LogP contribution < -0.4 is 4.74 Å². The van der Waals surface area contributed by atoms with E-state index < -0.39 is 4.92 Å². The Morgan fingerprint density at radius 2 is 1.58 bits per heavy atom. The molecule has 0 saturated carbocycles. The summed E-state index contributed by atoms with van der Waals surface area (Å²) < 4.78 is 11.9. The van der Waals surface area contributed by atoms with Gasteiger partial charge < -0.3 is 9.15 Å². The number of nitro groups is 1. The van der Waals surface area contributed by atoms with Crippen LogP contribution in [-0.4, -0.2) is 4.92 Å². The van der Waals surface area contributed by atoms with E-state index in [1.165, 1.54) is 23.9 Å². The first-order chi connectivity index (χ1) is 15.0. The molecule has 5 aromatic rings. The average Bonchev–Trinajstić information content (AvgIpc) is 3.13. The third-order valence-electron chi connectivity index (χ3n) is 4.71. The summed E-state index contributed by atoms with van der Waals surface area (Å²) in [5.41, 5.74) is 1.45. The first-order valence-corrected chi connectivity index (χ1v) is 10.6. The summed E-state index contributed by atoms with van der Waals surface area (Å²) in [6, 6.07) is 25.3. The van der Waals surface area contributed by atoms with Crippen LogP contribution in [0.2, 0.25) is 5.02 Å². The molecule has 5 rings (SSSR count). The number of non-ortho nitro benzene ring substituents is 1. The number of ether oxygens (including phenoxy) is 1. The van der Waals surface area contributed by atoms with E-state index in [0.29, 0.717) is 27.0 Å². The van der Waals surface area contributed by atoms with Gasteiger partial charge in [0.05, 0.1) is 11.0 Å². The molecule has 0 aliphatic heterocycles. The molecule has 0 bridgehead atoms. The summed E-state index contributed by atoms with van der Waals surface area (Å²) in [5.74, 6) is 0.913. The zero-order valence-corrected chi connectivity index (χ0v) is 17.5. The molecular weight excluding hydrogens is 434 g/mol. The molecular formula is C24H14ClNO4S. The largest absolute Gasteiger partial charge is 0.457 e. The highest BCUT2D eigenvalue weighted by Gasteiger charge is 2.14. The zero-order valence-electron chi connectivity index (χ0n) is 15.9. The Balaban J connectivity index is 1.48. The van der Waals surface area contributed by atoms with Gasteiger partial charge >= 0.3 is 0 Å². The Labute approximate surface area is 186 Å². The summed E-state index contributed by atoms with van der Waals surface area (Å²) in [4.78, 5) is 12.6. The predicted octanol–water partition coefficient (Wildman–Crippen LogP) is 8.09. The van der Waals surface area contributed by atoms with Crippen molar-refractivity contribution < 1.29 is 14.1 Å². The number of fused-ring (bicyclic) bond motifs is 3. The molecule has 152 valence electrons. The molecule has 0 fully saturated rings. The number of benzene rings is 4. The Bertz CT molecular complexity index is 1430. The standard InChI is InChI=1S/C24H14ClNO4S/c25-15-5-8-19(9-6-15)31-20-12-16(26(27)28)11-18(13-20)29-17-7-10-22-21-3-1-2-4-23(21)30-24(22)14-17/h1-14H. The van der Waals surface area contributed by atoms with Crippen LogP contribution >= 0.6 is 23.4 Å². The Morgan fingerprint density at radius 1 is 0.806 bits per heavy atom. The topological polar surface area (TPSA) is 65.5 Å². The third kappa shape index (κ3) is 4.08. The van der Waals surface area contributed by atoms with E-state index in [0.717, 1.165) is 21.3 Å².